The van der Waals surface area contributed by atoms with Gasteiger partial charge in [0.05, 0.1) is 5.97 Å². The highest BCUT2D eigenvalue weighted by atomic mass is 16.4. The minimum atomic E-state index is -1.33. The van der Waals surface area contributed by atoms with Gasteiger partial charge < -0.3 is 25.1 Å². The Morgan fingerprint density at radius 2 is 1.74 bits per heavy atom. The van der Waals surface area contributed by atoms with Crippen molar-refractivity contribution in [3.63, 3.8) is 0 Å². The second-order valence-electron chi connectivity index (χ2n) is 6.51. The molecule has 1 N–H and O–H groups in total. The average Bonchev–Trinajstić information content (AvgIpc) is 3.09. The number of carbonyl (C=O) groups is 3. The van der Waals surface area contributed by atoms with Crippen LogP contribution in [0.5, 0.6) is 0 Å². The summed E-state index contributed by atoms with van der Waals surface area (Å²) in [5.74, 6) is -4.15. The molecule has 122 valence electrons. The first-order chi connectivity index (χ1) is 10.9. The largest absolute Gasteiger partial charge is 0.550 e. The quantitative estimate of drug-likeness (QED) is 0.821. The first-order valence-electron chi connectivity index (χ1n) is 7.72. The van der Waals surface area contributed by atoms with E-state index in [0.717, 1.165) is 19.3 Å². The van der Waals surface area contributed by atoms with E-state index in [4.69, 9.17) is 0 Å². The summed E-state index contributed by atoms with van der Waals surface area (Å²) < 4.78 is 0. The fourth-order valence-corrected chi connectivity index (χ4v) is 4.11. The van der Waals surface area contributed by atoms with Gasteiger partial charge in [0.2, 0.25) is 5.91 Å². The van der Waals surface area contributed by atoms with Crippen LogP contribution in [0.1, 0.15) is 35.2 Å². The van der Waals surface area contributed by atoms with Gasteiger partial charge in [0, 0.05) is 23.5 Å². The van der Waals surface area contributed by atoms with E-state index < -0.39 is 23.8 Å². The molecule has 2 aliphatic rings. The number of benzene rings is 1. The fourth-order valence-electron chi connectivity index (χ4n) is 4.11. The summed E-state index contributed by atoms with van der Waals surface area (Å²) >= 11 is 0. The predicted molar refractivity (Wildman–Crippen MR) is 77.0 cm³/mol. The average molecular weight is 315 g/mol. The van der Waals surface area contributed by atoms with Crippen molar-refractivity contribution in [2.24, 2.45) is 23.7 Å². The van der Waals surface area contributed by atoms with Gasteiger partial charge in [-0.05, 0) is 55.2 Å². The van der Waals surface area contributed by atoms with Crippen LogP contribution >= 0.6 is 0 Å². The molecule has 2 fully saturated rings. The van der Waals surface area contributed by atoms with Crippen LogP contribution in [0.2, 0.25) is 0 Å². The van der Waals surface area contributed by atoms with Gasteiger partial charge >= 0.3 is 0 Å². The molecule has 0 radical (unpaired) electrons. The van der Waals surface area contributed by atoms with E-state index in [2.05, 4.69) is 5.32 Å². The summed E-state index contributed by atoms with van der Waals surface area (Å²) in [6.07, 6.45) is 2.42. The van der Waals surface area contributed by atoms with Crippen molar-refractivity contribution in [3.05, 3.63) is 29.3 Å². The molecule has 0 saturated heterocycles. The van der Waals surface area contributed by atoms with Crippen LogP contribution in [-0.2, 0) is 9.59 Å². The van der Waals surface area contributed by atoms with Gasteiger partial charge in [0.15, 0.2) is 0 Å². The standard InChI is InChI=1S/C17H19NO5/c1-8-2-3-11(16(20)21)7-12(8)18-15(19)13-9-4-5-10(6-9)14(13)17(22)23/h2-3,7,9-10,13-14H,4-6H2,1H3,(H,18,19)(H,20,21)(H,22,23)/p-2/t9-,10+,13+,14+/m1/s1. The molecule has 4 atom stereocenters. The number of amides is 1. The maximum atomic E-state index is 12.6. The van der Waals surface area contributed by atoms with Crippen molar-refractivity contribution in [3.8, 4) is 0 Å². The maximum Gasteiger partial charge on any atom is 0.228 e. The SMILES string of the molecule is Cc1ccc(C(=O)[O-])cc1NC(=O)[C@H]1[C@@H]2CC[C@@H](C2)[C@@H]1C(=O)[O-]. The first-order valence-corrected chi connectivity index (χ1v) is 7.72. The van der Waals surface area contributed by atoms with Crippen molar-refractivity contribution in [2.75, 3.05) is 5.32 Å². The molecule has 0 unspecified atom stereocenters. The van der Waals surface area contributed by atoms with Gasteiger partial charge in [-0.2, -0.15) is 0 Å². The maximum absolute atomic E-state index is 12.6. The lowest BCUT2D eigenvalue weighted by Crippen LogP contribution is -2.44. The number of aryl methyl sites for hydroxylation is 1. The van der Waals surface area contributed by atoms with E-state index >= 15 is 0 Å². The Bertz CT molecular complexity index is 684. The van der Waals surface area contributed by atoms with E-state index in [9.17, 15) is 24.6 Å². The van der Waals surface area contributed by atoms with Gasteiger partial charge in [-0.1, -0.05) is 12.1 Å². The number of anilines is 1. The lowest BCUT2D eigenvalue weighted by Gasteiger charge is -2.31. The number of nitrogens with one attached hydrogen (secondary N) is 1. The van der Waals surface area contributed by atoms with E-state index in [1.54, 1.807) is 13.0 Å². The smallest absolute Gasteiger partial charge is 0.228 e. The lowest BCUT2D eigenvalue weighted by atomic mass is 9.78. The number of aliphatic carboxylic acids is 1. The zero-order valence-corrected chi connectivity index (χ0v) is 12.7. The highest BCUT2D eigenvalue weighted by Crippen LogP contribution is 2.52. The Morgan fingerprint density at radius 1 is 1.09 bits per heavy atom. The topological polar surface area (TPSA) is 109 Å². The summed E-state index contributed by atoms with van der Waals surface area (Å²) in [6.45, 7) is 1.74. The van der Waals surface area contributed by atoms with Crippen molar-refractivity contribution in [1.82, 2.24) is 0 Å². The summed E-state index contributed by atoms with van der Waals surface area (Å²) in [7, 11) is 0. The fraction of sp³-hybridized carbons (Fsp3) is 0.471. The van der Waals surface area contributed by atoms with Gasteiger partial charge in [-0.3, -0.25) is 4.79 Å². The number of hydrogen-bond acceptors (Lipinski definition) is 5. The van der Waals surface area contributed by atoms with Crippen molar-refractivity contribution >= 4 is 23.5 Å². The van der Waals surface area contributed by atoms with Crippen LogP contribution in [0.25, 0.3) is 0 Å². The normalized spacial score (nSPS) is 28.6. The van der Waals surface area contributed by atoms with Crippen molar-refractivity contribution in [2.45, 2.75) is 26.2 Å². The molecular formula is C17H17NO5-2. The zero-order valence-electron chi connectivity index (χ0n) is 12.7. The number of aromatic carboxylic acids is 1. The molecule has 0 aromatic heterocycles. The van der Waals surface area contributed by atoms with Crippen LogP contribution in [0.4, 0.5) is 5.69 Å². The number of carbonyl (C=O) groups excluding carboxylic acids is 3. The number of carboxylic acid groups (broad SMARTS) is 2. The minimum absolute atomic E-state index is 0.0106. The molecule has 1 amide bonds. The Morgan fingerprint density at radius 3 is 2.35 bits per heavy atom. The van der Waals surface area contributed by atoms with Gasteiger partial charge in [-0.25, -0.2) is 0 Å². The number of rotatable bonds is 4. The molecule has 0 spiro atoms. The number of carboxylic acids is 2. The molecular weight excluding hydrogens is 298 g/mol. The number of fused-ring (bicyclic) bond motifs is 2. The molecule has 0 heterocycles. The molecule has 6 heteroatoms. The van der Waals surface area contributed by atoms with E-state index in [-0.39, 0.29) is 23.3 Å². The molecule has 6 nitrogen and oxygen atoms in total. The molecule has 0 aliphatic heterocycles. The Balaban J connectivity index is 1.83. The molecule has 23 heavy (non-hydrogen) atoms. The minimum Gasteiger partial charge on any atom is -0.550 e. The van der Waals surface area contributed by atoms with Crippen LogP contribution in [-0.4, -0.2) is 17.8 Å². The predicted octanol–water partition coefficient (Wildman–Crippen LogP) is -0.291. The van der Waals surface area contributed by atoms with Crippen LogP contribution < -0.4 is 15.5 Å². The van der Waals surface area contributed by atoms with Crippen LogP contribution in [0.15, 0.2) is 18.2 Å². The van der Waals surface area contributed by atoms with Crippen LogP contribution in [0, 0.1) is 30.6 Å². The summed E-state index contributed by atoms with van der Waals surface area (Å²) in [5, 5.41) is 25.0. The van der Waals surface area contributed by atoms with Crippen LogP contribution in [0.3, 0.4) is 0 Å². The Hall–Kier alpha value is -2.37. The van der Waals surface area contributed by atoms with Crippen molar-refractivity contribution in [1.29, 1.82) is 0 Å². The molecule has 3 rings (SSSR count). The summed E-state index contributed by atoms with van der Waals surface area (Å²) in [6, 6.07) is 4.32. The summed E-state index contributed by atoms with van der Waals surface area (Å²) in [5.41, 5.74) is 1.04. The second-order valence-corrected chi connectivity index (χ2v) is 6.51. The molecule has 1 aromatic carbocycles. The molecule has 2 aliphatic carbocycles. The Labute approximate surface area is 133 Å². The van der Waals surface area contributed by atoms with Gasteiger partial charge in [0.1, 0.15) is 0 Å². The second kappa shape index (κ2) is 5.68. The highest BCUT2D eigenvalue weighted by molar-refractivity contribution is 5.97. The van der Waals surface area contributed by atoms with Gasteiger partial charge in [-0.15, -0.1) is 0 Å². The third kappa shape index (κ3) is 2.69. The number of hydrogen-bond donors (Lipinski definition) is 1. The molecule has 1 aromatic rings. The Kier molecular flexibility index (Phi) is 3.83. The highest BCUT2D eigenvalue weighted by Gasteiger charge is 2.51. The third-order valence-corrected chi connectivity index (χ3v) is 5.22. The summed E-state index contributed by atoms with van der Waals surface area (Å²) in [4.78, 5) is 34.9. The van der Waals surface area contributed by atoms with E-state index in [1.165, 1.54) is 12.1 Å². The van der Waals surface area contributed by atoms with E-state index in [0.29, 0.717) is 11.3 Å². The van der Waals surface area contributed by atoms with Crippen molar-refractivity contribution < 1.29 is 24.6 Å². The molecule has 2 bridgehead atoms. The third-order valence-electron chi connectivity index (χ3n) is 5.22. The zero-order chi connectivity index (χ0) is 16.7. The first kappa shape index (κ1) is 15.5. The van der Waals surface area contributed by atoms with E-state index in [1.807, 2.05) is 0 Å². The molecule has 2 saturated carbocycles. The monoisotopic (exact) mass is 315 g/mol. The van der Waals surface area contributed by atoms with Gasteiger partial charge in [0.25, 0.3) is 0 Å². The lowest BCUT2D eigenvalue weighted by molar-refractivity contribution is -0.314.